The SMILES string of the molecule is CCCCCCCCCCC1COC(c2ccc(OC(=O)c3ccc(OCCCCCC(C)CC)cc3)cc2)OC1. The molecule has 1 atom stereocenters. The van der Waals surface area contributed by atoms with Crippen molar-refractivity contribution in [3.8, 4) is 11.5 Å². The van der Waals surface area contributed by atoms with Gasteiger partial charge in [-0.2, -0.15) is 0 Å². The second kappa shape index (κ2) is 19.7. The Morgan fingerprint density at radius 3 is 2.05 bits per heavy atom. The molecule has 0 amide bonds. The lowest BCUT2D eigenvalue weighted by Crippen LogP contribution is -2.27. The zero-order valence-electron chi connectivity index (χ0n) is 25.9. The Kier molecular flexibility index (Phi) is 15.9. The van der Waals surface area contributed by atoms with Crippen molar-refractivity contribution in [1.82, 2.24) is 0 Å². The molecule has 0 bridgehead atoms. The van der Waals surface area contributed by atoms with Crippen LogP contribution in [0, 0.1) is 11.8 Å². The molecule has 1 aliphatic heterocycles. The molecule has 0 saturated carbocycles. The van der Waals surface area contributed by atoms with Crippen LogP contribution in [0.2, 0.25) is 0 Å². The standard InChI is InChI=1S/C36H54O5/c1-4-6-7-8-9-10-11-14-17-30-27-39-36(40-28-30)32-20-24-34(25-21-32)41-35(37)31-18-22-33(23-19-31)38-26-15-12-13-16-29(3)5-2/h18-25,29-30,36H,4-17,26-28H2,1-3H3. The fraction of sp³-hybridized carbons (Fsp3) is 0.639. The van der Waals surface area contributed by atoms with Gasteiger partial charge in [0.05, 0.1) is 25.4 Å². The van der Waals surface area contributed by atoms with Crippen LogP contribution in [0.25, 0.3) is 0 Å². The normalized spacial score (nSPS) is 17.7. The van der Waals surface area contributed by atoms with Crippen LogP contribution in [0.5, 0.6) is 11.5 Å². The highest BCUT2D eigenvalue weighted by Gasteiger charge is 2.23. The molecule has 5 heteroatoms. The third-order valence-corrected chi connectivity index (χ3v) is 8.19. The molecular formula is C36H54O5. The molecule has 0 spiro atoms. The topological polar surface area (TPSA) is 54.0 Å². The third-order valence-electron chi connectivity index (χ3n) is 8.19. The number of hydrogen-bond acceptors (Lipinski definition) is 5. The van der Waals surface area contributed by atoms with Crippen molar-refractivity contribution in [3.63, 3.8) is 0 Å². The predicted octanol–water partition coefficient (Wildman–Crippen LogP) is 10.1. The number of carbonyl (C=O) groups is 1. The summed E-state index contributed by atoms with van der Waals surface area (Å²) in [6.45, 7) is 8.99. The fourth-order valence-electron chi connectivity index (χ4n) is 5.18. The smallest absolute Gasteiger partial charge is 0.343 e. The van der Waals surface area contributed by atoms with Crippen LogP contribution >= 0.6 is 0 Å². The lowest BCUT2D eigenvalue weighted by molar-refractivity contribution is -0.206. The summed E-state index contributed by atoms with van der Waals surface area (Å²) in [6.07, 6.45) is 17.6. The molecule has 2 aromatic rings. The Morgan fingerprint density at radius 1 is 0.780 bits per heavy atom. The second-order valence-electron chi connectivity index (χ2n) is 11.8. The Hall–Kier alpha value is -2.37. The summed E-state index contributed by atoms with van der Waals surface area (Å²) in [4.78, 5) is 12.6. The number of benzene rings is 2. The van der Waals surface area contributed by atoms with Crippen molar-refractivity contribution in [2.45, 2.75) is 117 Å². The number of esters is 1. The average Bonchev–Trinajstić information content (AvgIpc) is 3.01. The van der Waals surface area contributed by atoms with Crippen molar-refractivity contribution >= 4 is 5.97 Å². The van der Waals surface area contributed by atoms with E-state index in [-0.39, 0.29) is 12.3 Å². The van der Waals surface area contributed by atoms with Gasteiger partial charge in [-0.15, -0.1) is 0 Å². The van der Waals surface area contributed by atoms with Crippen molar-refractivity contribution in [1.29, 1.82) is 0 Å². The van der Waals surface area contributed by atoms with E-state index >= 15 is 0 Å². The summed E-state index contributed by atoms with van der Waals surface area (Å²) >= 11 is 0. The number of unbranched alkanes of at least 4 members (excludes halogenated alkanes) is 9. The van der Waals surface area contributed by atoms with Crippen molar-refractivity contribution in [2.75, 3.05) is 19.8 Å². The minimum absolute atomic E-state index is 0.359. The molecule has 2 aromatic carbocycles. The summed E-state index contributed by atoms with van der Waals surface area (Å²) in [5, 5.41) is 0. The van der Waals surface area contributed by atoms with E-state index < -0.39 is 0 Å². The van der Waals surface area contributed by atoms with Gasteiger partial charge in [0.1, 0.15) is 11.5 Å². The molecule has 3 rings (SSSR count). The average molecular weight is 567 g/mol. The molecule has 1 aliphatic rings. The van der Waals surface area contributed by atoms with Gasteiger partial charge in [-0.25, -0.2) is 4.79 Å². The first-order chi connectivity index (χ1) is 20.1. The number of hydrogen-bond donors (Lipinski definition) is 0. The molecule has 1 fully saturated rings. The molecular weight excluding hydrogens is 512 g/mol. The molecule has 0 N–H and O–H groups in total. The lowest BCUT2D eigenvalue weighted by Gasteiger charge is -2.29. The van der Waals surface area contributed by atoms with Crippen molar-refractivity contribution in [3.05, 3.63) is 59.7 Å². The third kappa shape index (κ3) is 13.0. The van der Waals surface area contributed by atoms with Crippen LogP contribution < -0.4 is 9.47 Å². The van der Waals surface area contributed by atoms with E-state index in [9.17, 15) is 4.79 Å². The Morgan fingerprint density at radius 2 is 1.39 bits per heavy atom. The summed E-state index contributed by atoms with van der Waals surface area (Å²) in [7, 11) is 0. The molecule has 0 radical (unpaired) electrons. The van der Waals surface area contributed by atoms with Gasteiger partial charge in [0.15, 0.2) is 6.29 Å². The molecule has 0 aliphatic carbocycles. The quantitative estimate of drug-likeness (QED) is 0.0906. The van der Waals surface area contributed by atoms with Crippen molar-refractivity contribution in [2.24, 2.45) is 11.8 Å². The van der Waals surface area contributed by atoms with E-state index in [1.54, 1.807) is 24.3 Å². The highest BCUT2D eigenvalue weighted by atomic mass is 16.7. The minimum Gasteiger partial charge on any atom is -0.494 e. The van der Waals surface area contributed by atoms with E-state index in [2.05, 4.69) is 20.8 Å². The molecule has 5 nitrogen and oxygen atoms in total. The lowest BCUT2D eigenvalue weighted by atomic mass is 10.0. The van der Waals surface area contributed by atoms with Gasteiger partial charge < -0.3 is 18.9 Å². The zero-order valence-corrected chi connectivity index (χ0v) is 25.9. The predicted molar refractivity (Wildman–Crippen MR) is 167 cm³/mol. The maximum Gasteiger partial charge on any atom is 0.343 e. The molecule has 1 heterocycles. The first kappa shape index (κ1) is 33.1. The van der Waals surface area contributed by atoms with Gasteiger partial charge in [0.2, 0.25) is 0 Å². The summed E-state index contributed by atoms with van der Waals surface area (Å²) in [5.74, 6) is 2.18. The maximum atomic E-state index is 12.6. The maximum absolute atomic E-state index is 12.6. The van der Waals surface area contributed by atoms with E-state index in [0.29, 0.717) is 23.8 Å². The summed E-state index contributed by atoms with van der Waals surface area (Å²) < 4.78 is 23.5. The van der Waals surface area contributed by atoms with Crippen LogP contribution in [-0.2, 0) is 9.47 Å². The van der Waals surface area contributed by atoms with Crippen LogP contribution in [0.3, 0.4) is 0 Å². The summed E-state index contributed by atoms with van der Waals surface area (Å²) in [6, 6.07) is 14.6. The minimum atomic E-state index is -0.386. The first-order valence-electron chi connectivity index (χ1n) is 16.4. The summed E-state index contributed by atoms with van der Waals surface area (Å²) in [5.41, 5.74) is 1.44. The number of rotatable bonds is 20. The Labute approximate surface area is 249 Å². The van der Waals surface area contributed by atoms with Crippen molar-refractivity contribution < 1.29 is 23.7 Å². The highest BCUT2D eigenvalue weighted by molar-refractivity contribution is 5.91. The highest BCUT2D eigenvalue weighted by Crippen LogP contribution is 2.29. The van der Waals surface area contributed by atoms with Crippen LogP contribution in [0.4, 0.5) is 0 Å². The molecule has 1 unspecified atom stereocenters. The van der Waals surface area contributed by atoms with Gasteiger partial charge in [-0.1, -0.05) is 110 Å². The van der Waals surface area contributed by atoms with E-state index in [4.69, 9.17) is 18.9 Å². The van der Waals surface area contributed by atoms with Gasteiger partial charge in [-0.05, 0) is 55.2 Å². The zero-order chi connectivity index (χ0) is 29.1. The van der Waals surface area contributed by atoms with Crippen LogP contribution in [0.15, 0.2) is 48.5 Å². The van der Waals surface area contributed by atoms with Gasteiger partial charge >= 0.3 is 5.97 Å². The first-order valence-corrected chi connectivity index (χ1v) is 16.4. The second-order valence-corrected chi connectivity index (χ2v) is 11.8. The molecule has 1 saturated heterocycles. The Balaban J connectivity index is 1.30. The largest absolute Gasteiger partial charge is 0.494 e. The van der Waals surface area contributed by atoms with Gasteiger partial charge in [0.25, 0.3) is 0 Å². The monoisotopic (exact) mass is 566 g/mol. The fourth-order valence-corrected chi connectivity index (χ4v) is 5.18. The molecule has 0 aromatic heterocycles. The van der Waals surface area contributed by atoms with E-state index in [1.165, 1.54) is 83.5 Å². The number of carbonyl (C=O) groups excluding carboxylic acids is 1. The Bertz CT molecular complexity index is 947. The van der Waals surface area contributed by atoms with Crippen LogP contribution in [0.1, 0.15) is 133 Å². The van der Waals surface area contributed by atoms with E-state index in [0.717, 1.165) is 36.9 Å². The van der Waals surface area contributed by atoms with Crippen LogP contribution in [-0.4, -0.2) is 25.8 Å². The molecule has 41 heavy (non-hydrogen) atoms. The molecule has 228 valence electrons. The van der Waals surface area contributed by atoms with Gasteiger partial charge in [-0.3, -0.25) is 0 Å². The number of ether oxygens (including phenoxy) is 4. The van der Waals surface area contributed by atoms with Gasteiger partial charge in [0, 0.05) is 11.5 Å². The van der Waals surface area contributed by atoms with E-state index in [1.807, 2.05) is 24.3 Å².